The standard InChI is InChI=1S/C35H60N12O13S2/c1-16(2)27(33(57)45-22(15-62)35(59)60)46-26(51)12-40-28(52)19(10-24(38)49)42-30(54)20(11-25(39)50)43-31(55)21(13-48)44-29(53)18(6-3-4-8-36)41-32(56)23-7-5-9-47(23)34(58)17(37)14-61/h16-23,27,48,61-62H,3-15,36-37H2,1-2H3,(H2,38,49)(H2,39,50)(H,40,52)(H,41,56)(H,42,54)(H,43,55)(H,44,53)(H,45,57)(H,46,51)(H,59,60)/t17-,18-,19-,20-,21-,22-,23-,27-/m0/s1. The van der Waals surface area contributed by atoms with Crippen molar-refractivity contribution in [1.82, 2.24) is 42.1 Å². The first-order valence-electron chi connectivity index (χ1n) is 19.6. The lowest BCUT2D eigenvalue weighted by molar-refractivity contribution is -0.141. The third-order valence-electron chi connectivity index (χ3n) is 9.31. The lowest BCUT2D eigenvalue weighted by atomic mass is 10.0. The van der Waals surface area contributed by atoms with E-state index in [1.54, 1.807) is 13.8 Å². The molecule has 62 heavy (non-hydrogen) atoms. The minimum atomic E-state index is -1.87. The summed E-state index contributed by atoms with van der Waals surface area (Å²) < 4.78 is 0. The van der Waals surface area contributed by atoms with Gasteiger partial charge >= 0.3 is 5.97 Å². The summed E-state index contributed by atoms with van der Waals surface area (Å²) in [5.41, 5.74) is 22.0. The molecule has 1 aliphatic rings. The van der Waals surface area contributed by atoms with Crippen molar-refractivity contribution in [3.05, 3.63) is 0 Å². The number of rotatable bonds is 28. The average molecular weight is 921 g/mol. The molecule has 0 aromatic heterocycles. The highest BCUT2D eigenvalue weighted by molar-refractivity contribution is 7.80. The summed E-state index contributed by atoms with van der Waals surface area (Å²) in [5, 5.41) is 35.2. The van der Waals surface area contributed by atoms with E-state index in [2.05, 4.69) is 62.5 Å². The van der Waals surface area contributed by atoms with Crippen molar-refractivity contribution in [2.75, 3.05) is 37.7 Å². The van der Waals surface area contributed by atoms with Crippen LogP contribution in [0.4, 0.5) is 0 Å². The van der Waals surface area contributed by atoms with Gasteiger partial charge in [0.1, 0.15) is 42.3 Å². The van der Waals surface area contributed by atoms with Crippen molar-refractivity contribution >= 4 is 90.3 Å². The molecule has 27 heteroatoms. The normalized spacial score (nSPS) is 16.8. The predicted molar refractivity (Wildman–Crippen MR) is 225 cm³/mol. The van der Waals surface area contributed by atoms with E-state index in [-0.39, 0.29) is 37.4 Å². The van der Waals surface area contributed by atoms with Crippen molar-refractivity contribution in [3.8, 4) is 0 Å². The summed E-state index contributed by atoms with van der Waals surface area (Å²) in [6.07, 6.45) is -0.154. The van der Waals surface area contributed by atoms with Gasteiger partial charge in [-0.1, -0.05) is 13.8 Å². The number of carboxylic acids is 1. The van der Waals surface area contributed by atoms with Crippen LogP contribution in [0.2, 0.25) is 0 Å². The molecule has 10 amide bonds. The van der Waals surface area contributed by atoms with Crippen molar-refractivity contribution in [2.24, 2.45) is 28.9 Å². The van der Waals surface area contributed by atoms with Gasteiger partial charge in [0, 0.05) is 18.1 Å². The molecule has 0 aromatic carbocycles. The lowest BCUT2D eigenvalue weighted by Crippen LogP contribution is -2.60. The zero-order chi connectivity index (χ0) is 47.3. The van der Waals surface area contributed by atoms with E-state index in [1.165, 1.54) is 4.90 Å². The second-order valence-corrected chi connectivity index (χ2v) is 15.4. The van der Waals surface area contributed by atoms with Crippen LogP contribution in [0.15, 0.2) is 0 Å². The fourth-order valence-electron chi connectivity index (χ4n) is 5.95. The minimum Gasteiger partial charge on any atom is -0.480 e. The van der Waals surface area contributed by atoms with E-state index in [1.807, 2.05) is 0 Å². The van der Waals surface area contributed by atoms with Crippen LogP contribution in [0.3, 0.4) is 0 Å². The Bertz CT molecular complexity index is 1640. The summed E-state index contributed by atoms with van der Waals surface area (Å²) >= 11 is 7.92. The summed E-state index contributed by atoms with van der Waals surface area (Å²) in [7, 11) is 0. The van der Waals surface area contributed by atoms with Gasteiger partial charge in [-0.2, -0.15) is 25.3 Å². The summed E-state index contributed by atoms with van der Waals surface area (Å²) in [6, 6.07) is -11.3. The summed E-state index contributed by atoms with van der Waals surface area (Å²) in [5.74, 6) is -11.9. The third kappa shape index (κ3) is 18.4. The van der Waals surface area contributed by atoms with Crippen LogP contribution in [-0.4, -0.2) is 166 Å². The van der Waals surface area contributed by atoms with Gasteiger partial charge in [-0.25, -0.2) is 4.79 Å². The fourth-order valence-corrected chi connectivity index (χ4v) is 6.36. The number of primary amides is 2. The highest BCUT2D eigenvalue weighted by Gasteiger charge is 2.38. The van der Waals surface area contributed by atoms with E-state index in [4.69, 9.17) is 22.9 Å². The Hall–Kier alpha value is -5.25. The third-order valence-corrected chi connectivity index (χ3v) is 10.1. The Balaban J connectivity index is 3.12. The van der Waals surface area contributed by atoms with E-state index in [9.17, 15) is 63.0 Å². The SMILES string of the molecule is CC(C)[C@H](NC(=O)CNC(=O)[C@H](CC(N)=O)NC(=O)[C@H](CC(N)=O)NC(=O)[C@H](CO)NC(=O)[C@H](CCCCN)NC(=O)[C@@H]1CCCN1C(=O)[C@@H](N)CS)C(=O)N[C@@H](CS)C(=O)O. The zero-order valence-electron chi connectivity index (χ0n) is 34.4. The number of likely N-dealkylation sites (tertiary alicyclic amines) is 1. The molecule has 1 fully saturated rings. The van der Waals surface area contributed by atoms with Gasteiger partial charge in [0.25, 0.3) is 0 Å². The number of nitrogens with one attached hydrogen (secondary N) is 7. The maximum absolute atomic E-state index is 13.5. The first kappa shape index (κ1) is 54.8. The number of carboxylic acid groups (broad SMARTS) is 1. The summed E-state index contributed by atoms with van der Waals surface area (Å²) in [6.45, 7) is 1.74. The number of nitrogens with zero attached hydrogens (tertiary/aromatic N) is 1. The predicted octanol–water partition coefficient (Wildman–Crippen LogP) is -7.20. The number of hydrogen-bond acceptors (Lipinski definition) is 16. The molecule has 17 N–H and O–H groups in total. The molecule has 1 heterocycles. The molecule has 350 valence electrons. The quantitative estimate of drug-likeness (QED) is 0.0256. The maximum Gasteiger partial charge on any atom is 0.327 e. The molecular formula is C35H60N12O13S2. The Morgan fingerprint density at radius 2 is 1.24 bits per heavy atom. The van der Waals surface area contributed by atoms with Crippen molar-refractivity contribution in [3.63, 3.8) is 0 Å². The molecule has 0 aromatic rings. The number of aliphatic hydroxyl groups is 1. The van der Waals surface area contributed by atoms with Gasteiger partial charge in [-0.15, -0.1) is 0 Å². The number of carbonyl (C=O) groups is 11. The number of aliphatic hydroxyl groups excluding tert-OH is 1. The van der Waals surface area contributed by atoms with Crippen molar-refractivity contribution in [1.29, 1.82) is 0 Å². The molecule has 0 aliphatic carbocycles. The van der Waals surface area contributed by atoms with Crippen LogP contribution in [0.5, 0.6) is 0 Å². The molecule has 0 unspecified atom stereocenters. The monoisotopic (exact) mass is 920 g/mol. The van der Waals surface area contributed by atoms with Crippen molar-refractivity contribution < 1.29 is 63.0 Å². The van der Waals surface area contributed by atoms with Crippen LogP contribution in [0.1, 0.15) is 58.8 Å². The van der Waals surface area contributed by atoms with Crippen LogP contribution in [0, 0.1) is 5.92 Å². The highest BCUT2D eigenvalue weighted by atomic mass is 32.1. The number of carbonyl (C=O) groups excluding carboxylic acids is 10. The molecule has 0 saturated carbocycles. The molecule has 8 atom stereocenters. The van der Waals surface area contributed by atoms with E-state index in [0.717, 1.165) is 0 Å². The highest BCUT2D eigenvalue weighted by Crippen LogP contribution is 2.19. The lowest BCUT2D eigenvalue weighted by Gasteiger charge is -2.28. The second kappa shape index (κ2) is 27.6. The van der Waals surface area contributed by atoms with E-state index < -0.39 is 145 Å². The van der Waals surface area contributed by atoms with Crippen LogP contribution in [-0.2, 0) is 52.7 Å². The number of aliphatic carboxylic acids is 1. The molecule has 1 aliphatic heterocycles. The van der Waals surface area contributed by atoms with Crippen LogP contribution >= 0.6 is 25.3 Å². The number of hydrogen-bond donors (Lipinski definition) is 15. The van der Waals surface area contributed by atoms with Gasteiger partial charge < -0.3 is 75.3 Å². The second-order valence-electron chi connectivity index (χ2n) is 14.6. The Kier molecular flexibility index (Phi) is 24.4. The topological polar surface area (TPSA) is 420 Å². The molecule has 1 saturated heterocycles. The fraction of sp³-hybridized carbons (Fsp3) is 0.686. The Labute approximate surface area is 368 Å². The van der Waals surface area contributed by atoms with Gasteiger partial charge in [-0.3, -0.25) is 47.9 Å². The molecule has 1 rings (SSSR count). The van der Waals surface area contributed by atoms with Gasteiger partial charge in [-0.05, 0) is 44.6 Å². The maximum atomic E-state index is 13.5. The Morgan fingerprint density at radius 1 is 0.710 bits per heavy atom. The first-order chi connectivity index (χ1) is 29.1. The number of amides is 10. The molecule has 0 bridgehead atoms. The summed E-state index contributed by atoms with van der Waals surface area (Å²) in [4.78, 5) is 141. The van der Waals surface area contributed by atoms with E-state index in [0.29, 0.717) is 19.3 Å². The van der Waals surface area contributed by atoms with Gasteiger partial charge in [0.05, 0.1) is 32.0 Å². The molecular weight excluding hydrogens is 861 g/mol. The van der Waals surface area contributed by atoms with Crippen LogP contribution in [0.25, 0.3) is 0 Å². The molecule has 0 spiro atoms. The number of thiol groups is 2. The van der Waals surface area contributed by atoms with Gasteiger partial charge in [0.2, 0.25) is 59.1 Å². The molecule has 0 radical (unpaired) electrons. The minimum absolute atomic E-state index is 0.0281. The van der Waals surface area contributed by atoms with E-state index >= 15 is 0 Å². The van der Waals surface area contributed by atoms with Crippen LogP contribution < -0.4 is 60.2 Å². The largest absolute Gasteiger partial charge is 0.480 e. The molecule has 25 nitrogen and oxygen atoms in total. The zero-order valence-corrected chi connectivity index (χ0v) is 36.2. The smallest absolute Gasteiger partial charge is 0.327 e. The van der Waals surface area contributed by atoms with Gasteiger partial charge in [0.15, 0.2) is 0 Å². The van der Waals surface area contributed by atoms with Crippen molar-refractivity contribution in [2.45, 2.75) is 107 Å². The Morgan fingerprint density at radius 3 is 1.74 bits per heavy atom. The number of unbranched alkanes of at least 4 members (excludes halogenated alkanes) is 1. The average Bonchev–Trinajstić information content (AvgIpc) is 3.71. The first-order valence-corrected chi connectivity index (χ1v) is 20.9. The number of nitrogens with two attached hydrogens (primary N) is 4.